The molecule has 0 aromatic rings. The molecular weight excluding hydrogens is 394 g/mol. The number of carbonyl (C=O) groups excluding carboxylic acids is 1. The lowest BCUT2D eigenvalue weighted by Crippen LogP contribution is -2.67. The molecule has 10 atom stereocenters. The number of rotatable bonds is 8. The highest BCUT2D eigenvalue weighted by Gasteiger charge is 2.51. The number of nitrogens with one attached hydrogen (secondary N) is 1. The maximum absolute atomic E-state index is 11.5. The lowest BCUT2D eigenvalue weighted by Gasteiger charge is -2.47. The molecule has 0 spiro atoms. The van der Waals surface area contributed by atoms with E-state index in [0.717, 1.165) is 0 Å². The van der Waals surface area contributed by atoms with Gasteiger partial charge in [0.25, 0.3) is 0 Å². The zero-order valence-corrected chi connectivity index (χ0v) is 16.3. The number of hydrogen-bond donors (Lipinski definition) is 7. The normalized spacial score (nSPS) is 43.2. The maximum atomic E-state index is 11.5. The standard InChI is InChI=1S/C17H31NO11/c1-3-4-26-17-14(25)15(12(23)9(6-20)28-17)29-16-10(18-7(2)21)13(24)11(22)8(5-19)27-16/h8-17,19-20,22-25H,3-6H2,1-2H3,(H,18,21)/t8-,9-,10-,11+,12+,13-,14-,15+,16+,17+/m1/s1. The Labute approximate surface area is 167 Å². The summed E-state index contributed by atoms with van der Waals surface area (Å²) in [7, 11) is 0. The van der Waals surface area contributed by atoms with Crippen molar-refractivity contribution in [2.24, 2.45) is 0 Å². The molecule has 7 N–H and O–H groups in total. The molecule has 2 aliphatic heterocycles. The molecule has 2 aliphatic rings. The molecular formula is C17H31NO11. The van der Waals surface area contributed by atoms with Gasteiger partial charge in [-0.15, -0.1) is 0 Å². The van der Waals surface area contributed by atoms with Crippen LogP contribution in [-0.4, -0.2) is 118 Å². The van der Waals surface area contributed by atoms with Crippen molar-refractivity contribution >= 4 is 5.91 Å². The Kier molecular flexibility index (Phi) is 9.15. The topological polar surface area (TPSA) is 187 Å². The third-order valence-corrected chi connectivity index (χ3v) is 4.85. The van der Waals surface area contributed by atoms with Crippen molar-refractivity contribution in [2.75, 3.05) is 19.8 Å². The Morgan fingerprint density at radius 2 is 1.52 bits per heavy atom. The number of aliphatic hydroxyl groups excluding tert-OH is 6. The van der Waals surface area contributed by atoms with Crippen LogP contribution in [0.15, 0.2) is 0 Å². The average Bonchev–Trinajstić information content (AvgIpc) is 2.69. The van der Waals surface area contributed by atoms with Gasteiger partial charge in [0.05, 0.1) is 13.2 Å². The van der Waals surface area contributed by atoms with E-state index in [1.807, 2.05) is 6.92 Å². The molecule has 0 radical (unpaired) electrons. The predicted molar refractivity (Wildman–Crippen MR) is 94.2 cm³/mol. The van der Waals surface area contributed by atoms with Crippen molar-refractivity contribution in [1.29, 1.82) is 0 Å². The lowest BCUT2D eigenvalue weighted by atomic mass is 9.95. The number of amides is 1. The zero-order valence-electron chi connectivity index (χ0n) is 16.3. The summed E-state index contributed by atoms with van der Waals surface area (Å²) in [5, 5.41) is 62.6. The Morgan fingerprint density at radius 3 is 2.07 bits per heavy atom. The van der Waals surface area contributed by atoms with E-state index >= 15 is 0 Å². The van der Waals surface area contributed by atoms with Crippen LogP contribution >= 0.6 is 0 Å². The lowest BCUT2D eigenvalue weighted by molar-refractivity contribution is -0.347. The van der Waals surface area contributed by atoms with Gasteiger partial charge in [0.15, 0.2) is 12.6 Å². The summed E-state index contributed by atoms with van der Waals surface area (Å²) < 4.78 is 21.9. The van der Waals surface area contributed by atoms with Gasteiger partial charge in [0.1, 0.15) is 48.8 Å². The second-order valence-corrected chi connectivity index (χ2v) is 7.11. The summed E-state index contributed by atoms with van der Waals surface area (Å²) in [5.74, 6) is -0.550. The molecule has 0 aromatic carbocycles. The first kappa shape index (κ1) is 24.3. The summed E-state index contributed by atoms with van der Waals surface area (Å²) in [5.41, 5.74) is 0. The number of carbonyl (C=O) groups is 1. The molecule has 2 saturated heterocycles. The highest BCUT2D eigenvalue weighted by atomic mass is 16.7. The number of aliphatic hydroxyl groups is 6. The van der Waals surface area contributed by atoms with Crippen LogP contribution < -0.4 is 5.32 Å². The summed E-state index contributed by atoms with van der Waals surface area (Å²) in [6, 6.07) is -1.25. The van der Waals surface area contributed by atoms with E-state index in [1.54, 1.807) is 0 Å². The molecule has 0 aromatic heterocycles. The molecule has 0 bridgehead atoms. The van der Waals surface area contributed by atoms with Crippen LogP contribution in [-0.2, 0) is 23.7 Å². The largest absolute Gasteiger partial charge is 0.394 e. The van der Waals surface area contributed by atoms with Crippen LogP contribution in [0.3, 0.4) is 0 Å². The first-order valence-electron chi connectivity index (χ1n) is 9.54. The van der Waals surface area contributed by atoms with Crippen molar-refractivity contribution in [2.45, 2.75) is 81.6 Å². The van der Waals surface area contributed by atoms with E-state index in [1.165, 1.54) is 6.92 Å². The molecule has 1 amide bonds. The minimum atomic E-state index is -1.55. The highest BCUT2D eigenvalue weighted by Crippen LogP contribution is 2.29. The molecule has 12 heteroatoms. The van der Waals surface area contributed by atoms with Crippen molar-refractivity contribution < 1.29 is 54.4 Å². The monoisotopic (exact) mass is 425 g/mol. The van der Waals surface area contributed by atoms with Gasteiger partial charge in [0.2, 0.25) is 5.91 Å². The fourth-order valence-corrected chi connectivity index (χ4v) is 3.33. The van der Waals surface area contributed by atoms with Crippen LogP contribution in [0.5, 0.6) is 0 Å². The van der Waals surface area contributed by atoms with Gasteiger partial charge in [-0.3, -0.25) is 4.79 Å². The maximum Gasteiger partial charge on any atom is 0.217 e. The van der Waals surface area contributed by atoms with E-state index in [-0.39, 0.29) is 6.61 Å². The van der Waals surface area contributed by atoms with E-state index in [0.29, 0.717) is 6.42 Å². The van der Waals surface area contributed by atoms with E-state index in [9.17, 15) is 35.4 Å². The molecule has 2 heterocycles. The molecule has 170 valence electrons. The molecule has 0 unspecified atom stereocenters. The van der Waals surface area contributed by atoms with Gasteiger partial charge in [-0.1, -0.05) is 6.92 Å². The first-order chi connectivity index (χ1) is 13.7. The number of hydrogen-bond acceptors (Lipinski definition) is 11. The van der Waals surface area contributed by atoms with Crippen LogP contribution in [0, 0.1) is 0 Å². The van der Waals surface area contributed by atoms with Crippen molar-refractivity contribution in [3.63, 3.8) is 0 Å². The summed E-state index contributed by atoms with van der Waals surface area (Å²) in [4.78, 5) is 11.5. The summed E-state index contributed by atoms with van der Waals surface area (Å²) in [6.45, 7) is 2.04. The zero-order chi connectivity index (χ0) is 21.7. The Morgan fingerprint density at radius 1 is 0.931 bits per heavy atom. The van der Waals surface area contributed by atoms with Gasteiger partial charge in [-0.2, -0.15) is 0 Å². The first-order valence-corrected chi connectivity index (χ1v) is 9.54. The molecule has 12 nitrogen and oxygen atoms in total. The summed E-state index contributed by atoms with van der Waals surface area (Å²) in [6.07, 6.45) is -11.8. The van der Waals surface area contributed by atoms with Gasteiger partial charge in [0, 0.05) is 13.5 Å². The third-order valence-electron chi connectivity index (χ3n) is 4.85. The molecule has 2 rings (SSSR count). The molecule has 29 heavy (non-hydrogen) atoms. The highest BCUT2D eigenvalue weighted by molar-refractivity contribution is 5.73. The van der Waals surface area contributed by atoms with Gasteiger partial charge in [-0.05, 0) is 6.42 Å². The van der Waals surface area contributed by atoms with Crippen LogP contribution in [0.1, 0.15) is 20.3 Å². The molecule has 2 fully saturated rings. The fourth-order valence-electron chi connectivity index (χ4n) is 3.33. The van der Waals surface area contributed by atoms with E-state index in [2.05, 4.69) is 5.32 Å². The van der Waals surface area contributed by atoms with Crippen molar-refractivity contribution in [3.05, 3.63) is 0 Å². The second kappa shape index (κ2) is 10.9. The predicted octanol–water partition coefficient (Wildman–Crippen LogP) is -3.82. The van der Waals surface area contributed by atoms with Gasteiger partial charge in [-0.25, -0.2) is 0 Å². The van der Waals surface area contributed by atoms with Crippen LogP contribution in [0.2, 0.25) is 0 Å². The van der Waals surface area contributed by atoms with Gasteiger partial charge < -0.3 is 54.9 Å². The van der Waals surface area contributed by atoms with Crippen molar-refractivity contribution in [3.8, 4) is 0 Å². The second-order valence-electron chi connectivity index (χ2n) is 7.11. The Bertz CT molecular complexity index is 524. The Balaban J connectivity index is 2.23. The smallest absolute Gasteiger partial charge is 0.217 e. The number of ether oxygens (including phenoxy) is 4. The quantitative estimate of drug-likeness (QED) is 0.202. The summed E-state index contributed by atoms with van der Waals surface area (Å²) >= 11 is 0. The van der Waals surface area contributed by atoms with Crippen LogP contribution in [0.4, 0.5) is 0 Å². The SMILES string of the molecule is CCCO[C@H]1O[C@H](CO)[C@H](O)[C@H](O[C@@H]2O[C@H](CO)[C@H](O)[C@H](O)[C@H]2NC(C)=O)[C@H]1O. The minimum absolute atomic E-state index is 0.245. The fraction of sp³-hybridized carbons (Fsp3) is 0.941. The molecule has 0 saturated carbocycles. The van der Waals surface area contributed by atoms with Crippen molar-refractivity contribution in [1.82, 2.24) is 5.32 Å². The average molecular weight is 425 g/mol. The molecule has 0 aliphatic carbocycles. The third kappa shape index (κ3) is 5.61. The van der Waals surface area contributed by atoms with Crippen LogP contribution in [0.25, 0.3) is 0 Å². The van der Waals surface area contributed by atoms with E-state index < -0.39 is 80.5 Å². The Hall–Kier alpha value is -0.930. The van der Waals surface area contributed by atoms with Gasteiger partial charge >= 0.3 is 0 Å². The van der Waals surface area contributed by atoms with E-state index in [4.69, 9.17) is 18.9 Å². The minimum Gasteiger partial charge on any atom is -0.394 e.